The van der Waals surface area contributed by atoms with Crippen LogP contribution in [0.4, 0.5) is 11.4 Å². The molecule has 5 nitrogen and oxygen atoms in total. The van der Waals surface area contributed by atoms with E-state index in [9.17, 15) is 9.59 Å². The highest BCUT2D eigenvalue weighted by Gasteiger charge is 2.27. The van der Waals surface area contributed by atoms with E-state index in [-0.39, 0.29) is 23.8 Å². The number of nitrogens with one attached hydrogen (secondary N) is 1. The van der Waals surface area contributed by atoms with Crippen LogP contribution in [-0.2, 0) is 11.3 Å². The van der Waals surface area contributed by atoms with Crippen molar-refractivity contribution in [2.45, 2.75) is 45.7 Å². The molecule has 35 heavy (non-hydrogen) atoms. The van der Waals surface area contributed by atoms with Crippen molar-refractivity contribution >= 4 is 23.2 Å². The Morgan fingerprint density at radius 1 is 0.971 bits per heavy atom. The van der Waals surface area contributed by atoms with Crippen molar-refractivity contribution in [2.24, 2.45) is 5.92 Å². The molecule has 1 atom stereocenters. The Kier molecular flexibility index (Phi) is 7.54. The molecule has 0 radical (unpaired) electrons. The number of carbonyl (C=O) groups is 2. The average Bonchev–Trinajstić information content (AvgIpc) is 2.81. The Bertz CT molecular complexity index is 1190. The van der Waals surface area contributed by atoms with Gasteiger partial charge >= 0.3 is 0 Å². The number of benzene rings is 3. The van der Waals surface area contributed by atoms with Crippen LogP contribution in [0.25, 0.3) is 0 Å². The van der Waals surface area contributed by atoms with Gasteiger partial charge in [-0.05, 0) is 68.1 Å². The second-order valence-electron chi connectivity index (χ2n) is 9.74. The maximum atomic E-state index is 13.8. The van der Waals surface area contributed by atoms with Gasteiger partial charge in [0, 0.05) is 43.5 Å². The number of aryl methyl sites for hydroxylation is 1. The van der Waals surface area contributed by atoms with Gasteiger partial charge < -0.3 is 15.1 Å². The molecule has 1 fully saturated rings. The van der Waals surface area contributed by atoms with E-state index in [1.165, 1.54) is 0 Å². The average molecular weight is 470 g/mol. The number of carbonyl (C=O) groups excluding carboxylic acids is 2. The molecule has 1 aliphatic carbocycles. The first-order chi connectivity index (χ1) is 16.8. The molecule has 0 saturated heterocycles. The molecule has 0 aliphatic heterocycles. The summed E-state index contributed by atoms with van der Waals surface area (Å²) in [6.45, 7) is 4.49. The Morgan fingerprint density at radius 3 is 2.34 bits per heavy atom. The van der Waals surface area contributed by atoms with E-state index >= 15 is 0 Å². The lowest BCUT2D eigenvalue weighted by Gasteiger charge is -2.32. The van der Waals surface area contributed by atoms with Crippen molar-refractivity contribution in [3.8, 4) is 0 Å². The molecule has 182 valence electrons. The lowest BCUT2D eigenvalue weighted by molar-refractivity contribution is -0.122. The zero-order valence-corrected chi connectivity index (χ0v) is 21.1. The van der Waals surface area contributed by atoms with Gasteiger partial charge in [-0.2, -0.15) is 0 Å². The van der Waals surface area contributed by atoms with E-state index in [0.717, 1.165) is 47.3 Å². The number of hydrogen-bond donors (Lipinski definition) is 1. The zero-order valence-electron chi connectivity index (χ0n) is 21.1. The number of rotatable bonds is 8. The van der Waals surface area contributed by atoms with Crippen LogP contribution in [-0.4, -0.2) is 30.8 Å². The number of anilines is 2. The third-order valence-electron chi connectivity index (χ3n) is 6.92. The van der Waals surface area contributed by atoms with Crippen LogP contribution in [0.1, 0.15) is 59.3 Å². The SMILES string of the molecule is Cc1cccc(C(=O)N(Cc2cc(NC(=O)C3CCC3)ccc2N(C)C)C(C)c2ccccc2)c1. The van der Waals surface area contributed by atoms with Crippen LogP contribution in [0, 0.1) is 12.8 Å². The standard InChI is InChI=1S/C30H35N3O2/c1-21-10-8-15-25(18-21)30(35)33(22(2)23-11-6-5-7-12-23)20-26-19-27(16-17-28(26)32(3)4)31-29(34)24-13-9-14-24/h5-8,10-12,15-19,22,24H,9,13-14,20H2,1-4H3,(H,31,34). The molecule has 3 aromatic carbocycles. The Balaban J connectivity index is 1.69. The number of nitrogens with zero attached hydrogens (tertiary/aromatic N) is 2. The van der Waals surface area contributed by atoms with Crippen molar-refractivity contribution in [3.63, 3.8) is 0 Å². The molecule has 5 heteroatoms. The summed E-state index contributed by atoms with van der Waals surface area (Å²) in [6, 6.07) is 23.7. The van der Waals surface area contributed by atoms with Crippen molar-refractivity contribution in [1.29, 1.82) is 0 Å². The molecule has 0 aromatic heterocycles. The van der Waals surface area contributed by atoms with Gasteiger partial charge in [0.25, 0.3) is 5.91 Å². The van der Waals surface area contributed by atoms with E-state index in [0.29, 0.717) is 12.1 Å². The first-order valence-corrected chi connectivity index (χ1v) is 12.4. The monoisotopic (exact) mass is 469 g/mol. The Morgan fingerprint density at radius 2 is 1.71 bits per heavy atom. The van der Waals surface area contributed by atoms with Gasteiger partial charge in [0.2, 0.25) is 5.91 Å². The van der Waals surface area contributed by atoms with Crippen molar-refractivity contribution in [3.05, 3.63) is 95.1 Å². The predicted molar refractivity (Wildman–Crippen MR) is 143 cm³/mol. The molecule has 1 unspecified atom stereocenters. The summed E-state index contributed by atoms with van der Waals surface area (Å²) >= 11 is 0. The Labute approximate surface area is 208 Å². The topological polar surface area (TPSA) is 52.7 Å². The predicted octanol–water partition coefficient (Wildman–Crippen LogP) is 6.20. The normalized spacial score (nSPS) is 14.1. The molecule has 2 amide bonds. The summed E-state index contributed by atoms with van der Waals surface area (Å²) in [5.41, 5.74) is 5.60. The second kappa shape index (κ2) is 10.8. The van der Waals surface area contributed by atoms with Gasteiger partial charge in [0.1, 0.15) is 0 Å². The zero-order chi connectivity index (χ0) is 24.9. The highest BCUT2D eigenvalue weighted by atomic mass is 16.2. The summed E-state index contributed by atoms with van der Waals surface area (Å²) in [5, 5.41) is 3.09. The largest absolute Gasteiger partial charge is 0.377 e. The van der Waals surface area contributed by atoms with Gasteiger partial charge in [-0.25, -0.2) is 0 Å². The molecule has 0 spiro atoms. The van der Waals surface area contributed by atoms with E-state index in [1.807, 2.05) is 86.6 Å². The fraction of sp³-hybridized carbons (Fsp3) is 0.333. The summed E-state index contributed by atoms with van der Waals surface area (Å²) in [5.74, 6) is 0.188. The van der Waals surface area contributed by atoms with E-state index in [2.05, 4.69) is 29.3 Å². The molecular weight excluding hydrogens is 434 g/mol. The van der Waals surface area contributed by atoms with Crippen LogP contribution >= 0.6 is 0 Å². The molecular formula is C30H35N3O2. The molecule has 3 aromatic rings. The lowest BCUT2D eigenvalue weighted by atomic mass is 9.85. The third-order valence-corrected chi connectivity index (χ3v) is 6.92. The van der Waals surface area contributed by atoms with Gasteiger partial charge in [-0.1, -0.05) is 54.4 Å². The molecule has 0 bridgehead atoms. The Hall–Kier alpha value is -3.60. The summed E-state index contributed by atoms with van der Waals surface area (Å²) < 4.78 is 0. The van der Waals surface area contributed by atoms with Crippen LogP contribution < -0.4 is 10.2 Å². The van der Waals surface area contributed by atoms with Gasteiger partial charge in [-0.15, -0.1) is 0 Å². The fourth-order valence-electron chi connectivity index (χ4n) is 4.56. The lowest BCUT2D eigenvalue weighted by Crippen LogP contribution is -2.34. The molecule has 1 aliphatic rings. The highest BCUT2D eigenvalue weighted by Crippen LogP contribution is 2.31. The first-order valence-electron chi connectivity index (χ1n) is 12.4. The smallest absolute Gasteiger partial charge is 0.254 e. The molecule has 1 N–H and O–H groups in total. The van der Waals surface area contributed by atoms with Crippen LogP contribution in [0.3, 0.4) is 0 Å². The quantitative estimate of drug-likeness (QED) is 0.427. The minimum Gasteiger partial charge on any atom is -0.377 e. The van der Waals surface area contributed by atoms with E-state index in [4.69, 9.17) is 0 Å². The number of amides is 2. The van der Waals surface area contributed by atoms with Crippen LogP contribution in [0.5, 0.6) is 0 Å². The van der Waals surface area contributed by atoms with Gasteiger partial charge in [0.05, 0.1) is 6.04 Å². The van der Waals surface area contributed by atoms with Gasteiger partial charge in [-0.3, -0.25) is 9.59 Å². The summed E-state index contributed by atoms with van der Waals surface area (Å²) in [7, 11) is 4.00. The van der Waals surface area contributed by atoms with E-state index in [1.54, 1.807) is 0 Å². The minimum absolute atomic E-state index is 0.0151. The van der Waals surface area contributed by atoms with Crippen molar-refractivity contribution < 1.29 is 9.59 Å². The molecule has 1 saturated carbocycles. The maximum absolute atomic E-state index is 13.8. The van der Waals surface area contributed by atoms with Crippen LogP contribution in [0.2, 0.25) is 0 Å². The third kappa shape index (κ3) is 5.73. The second-order valence-corrected chi connectivity index (χ2v) is 9.74. The highest BCUT2D eigenvalue weighted by molar-refractivity contribution is 5.95. The van der Waals surface area contributed by atoms with Crippen LogP contribution in [0.15, 0.2) is 72.8 Å². The summed E-state index contributed by atoms with van der Waals surface area (Å²) in [4.78, 5) is 30.4. The maximum Gasteiger partial charge on any atom is 0.254 e. The molecule has 0 heterocycles. The first kappa shape index (κ1) is 24.5. The van der Waals surface area contributed by atoms with E-state index < -0.39 is 0 Å². The van der Waals surface area contributed by atoms with Crippen molar-refractivity contribution in [1.82, 2.24) is 4.90 Å². The minimum atomic E-state index is -0.132. The van der Waals surface area contributed by atoms with Crippen molar-refractivity contribution in [2.75, 3.05) is 24.3 Å². The number of hydrogen-bond acceptors (Lipinski definition) is 3. The fourth-order valence-corrected chi connectivity index (χ4v) is 4.56. The summed E-state index contributed by atoms with van der Waals surface area (Å²) in [6.07, 6.45) is 3.04. The van der Waals surface area contributed by atoms with Gasteiger partial charge in [0.15, 0.2) is 0 Å². The molecule has 4 rings (SSSR count).